The summed E-state index contributed by atoms with van der Waals surface area (Å²) < 4.78 is 7.54. The normalized spacial score (nSPS) is 15.2. The van der Waals surface area contributed by atoms with Gasteiger partial charge in [-0.2, -0.15) is 0 Å². The lowest BCUT2D eigenvalue weighted by Crippen LogP contribution is -2.07. The zero-order valence-electron chi connectivity index (χ0n) is 15.9. The van der Waals surface area contributed by atoms with Gasteiger partial charge in [-0.1, -0.05) is 18.6 Å². The molecule has 0 spiro atoms. The van der Waals surface area contributed by atoms with Crippen LogP contribution in [-0.2, 0) is 12.8 Å². The number of nitrogens with zero attached hydrogens (tertiary/aromatic N) is 5. The van der Waals surface area contributed by atoms with E-state index in [1.54, 1.807) is 47.3 Å². The minimum absolute atomic E-state index is 0.0738. The number of para-hydroxylation sites is 2. The van der Waals surface area contributed by atoms with Gasteiger partial charge in [-0.05, 0) is 44.2 Å². The van der Waals surface area contributed by atoms with Crippen molar-refractivity contribution in [2.75, 3.05) is 0 Å². The number of nitro benzene ring substituents is 1. The first-order valence-corrected chi connectivity index (χ1v) is 10.5. The molecule has 9 heteroatoms. The second-order valence-electron chi connectivity index (χ2n) is 7.21. The van der Waals surface area contributed by atoms with E-state index in [1.165, 1.54) is 35.8 Å². The summed E-state index contributed by atoms with van der Waals surface area (Å²) in [5, 5.41) is 16.9. The third-order valence-electron chi connectivity index (χ3n) is 5.29. The lowest BCUT2D eigenvalue weighted by Gasteiger charge is -2.11. The average Bonchev–Trinajstić information content (AvgIpc) is 3.22. The highest BCUT2D eigenvalue weighted by Gasteiger charge is 2.23. The smallest absolute Gasteiger partial charge is 0.310 e. The number of benzene rings is 1. The Hall–Kier alpha value is -3.07. The van der Waals surface area contributed by atoms with E-state index in [0.717, 1.165) is 28.7 Å². The molecule has 0 saturated heterocycles. The Balaban J connectivity index is 1.55. The molecule has 0 amide bonds. The molecule has 148 valence electrons. The van der Waals surface area contributed by atoms with Crippen LogP contribution in [0, 0.1) is 10.1 Å². The average molecular weight is 409 g/mol. The van der Waals surface area contributed by atoms with Crippen LogP contribution in [0.5, 0.6) is 5.75 Å². The Morgan fingerprint density at radius 3 is 2.93 bits per heavy atom. The molecule has 3 heterocycles. The van der Waals surface area contributed by atoms with Crippen LogP contribution in [0.4, 0.5) is 5.69 Å². The predicted octanol–water partition coefficient (Wildman–Crippen LogP) is 4.66. The third kappa shape index (κ3) is 3.11. The van der Waals surface area contributed by atoms with E-state index in [0.29, 0.717) is 5.82 Å². The SMILES string of the molecule is CC(Oc1ccccc1[N+](=O)[O-])c1nc2c3c4c(sc3ncn2n1)CCCCC4. The molecule has 1 atom stereocenters. The number of hydrogen-bond donors (Lipinski definition) is 0. The zero-order valence-corrected chi connectivity index (χ0v) is 16.7. The van der Waals surface area contributed by atoms with Gasteiger partial charge in [-0.3, -0.25) is 10.1 Å². The first kappa shape index (κ1) is 18.0. The molecule has 1 aliphatic carbocycles. The summed E-state index contributed by atoms with van der Waals surface area (Å²) in [5.74, 6) is 0.683. The van der Waals surface area contributed by atoms with Crippen molar-refractivity contribution in [1.29, 1.82) is 0 Å². The lowest BCUT2D eigenvalue weighted by molar-refractivity contribution is -0.386. The Morgan fingerprint density at radius 1 is 1.24 bits per heavy atom. The second kappa shape index (κ2) is 7.07. The fraction of sp³-hybridized carbons (Fsp3) is 0.350. The van der Waals surface area contributed by atoms with Gasteiger partial charge in [0.2, 0.25) is 0 Å². The van der Waals surface area contributed by atoms with Gasteiger partial charge in [-0.15, -0.1) is 16.4 Å². The van der Waals surface area contributed by atoms with Gasteiger partial charge in [0.25, 0.3) is 0 Å². The molecule has 1 aliphatic rings. The molecule has 0 bridgehead atoms. The molecule has 5 rings (SSSR count). The quantitative estimate of drug-likeness (QED) is 0.276. The van der Waals surface area contributed by atoms with Gasteiger partial charge >= 0.3 is 5.69 Å². The highest BCUT2D eigenvalue weighted by Crippen LogP contribution is 2.37. The molecular formula is C20H19N5O3S. The number of fused-ring (bicyclic) bond motifs is 5. The van der Waals surface area contributed by atoms with Crippen molar-refractivity contribution in [2.24, 2.45) is 0 Å². The van der Waals surface area contributed by atoms with Gasteiger partial charge in [0.05, 0.1) is 10.3 Å². The van der Waals surface area contributed by atoms with Crippen LogP contribution in [0.15, 0.2) is 30.6 Å². The molecule has 29 heavy (non-hydrogen) atoms. The number of thiophene rings is 1. The van der Waals surface area contributed by atoms with E-state index in [9.17, 15) is 10.1 Å². The summed E-state index contributed by atoms with van der Waals surface area (Å²) in [6, 6.07) is 6.33. The van der Waals surface area contributed by atoms with Crippen LogP contribution in [0.2, 0.25) is 0 Å². The van der Waals surface area contributed by atoms with Crippen LogP contribution >= 0.6 is 11.3 Å². The molecular weight excluding hydrogens is 390 g/mol. The van der Waals surface area contributed by atoms with Crippen molar-refractivity contribution >= 4 is 32.9 Å². The molecule has 1 unspecified atom stereocenters. The number of aryl methyl sites for hydroxylation is 2. The maximum atomic E-state index is 11.2. The Morgan fingerprint density at radius 2 is 2.07 bits per heavy atom. The van der Waals surface area contributed by atoms with E-state index in [-0.39, 0.29) is 11.4 Å². The fourth-order valence-corrected chi connectivity index (χ4v) is 5.09. The molecule has 3 aromatic heterocycles. The first-order chi connectivity index (χ1) is 14.1. The fourth-order valence-electron chi connectivity index (χ4n) is 3.87. The van der Waals surface area contributed by atoms with E-state index in [4.69, 9.17) is 9.72 Å². The van der Waals surface area contributed by atoms with E-state index in [1.807, 2.05) is 0 Å². The molecule has 1 aromatic carbocycles. The molecule has 4 aromatic rings. The number of rotatable bonds is 4. The van der Waals surface area contributed by atoms with Crippen molar-refractivity contribution in [1.82, 2.24) is 19.6 Å². The van der Waals surface area contributed by atoms with Crippen LogP contribution in [0.1, 0.15) is 48.6 Å². The van der Waals surface area contributed by atoms with Gasteiger partial charge in [0, 0.05) is 10.9 Å². The van der Waals surface area contributed by atoms with Crippen LogP contribution in [0.3, 0.4) is 0 Å². The number of hydrogen-bond acceptors (Lipinski definition) is 7. The largest absolute Gasteiger partial charge is 0.476 e. The molecule has 0 aliphatic heterocycles. The minimum Gasteiger partial charge on any atom is -0.476 e. The standard InChI is InChI=1S/C20H19N5O3S/c1-12(28-15-9-6-5-8-14(15)25(26)27)18-22-19-17-13-7-3-2-4-10-16(13)29-20(17)21-11-24(19)23-18/h5-6,8-9,11-12H,2-4,7,10H2,1H3. The monoisotopic (exact) mass is 409 g/mol. The van der Waals surface area contributed by atoms with Crippen molar-refractivity contribution in [3.63, 3.8) is 0 Å². The summed E-state index contributed by atoms with van der Waals surface area (Å²) in [5.41, 5.74) is 2.06. The van der Waals surface area contributed by atoms with Crippen LogP contribution < -0.4 is 4.74 Å². The lowest BCUT2D eigenvalue weighted by atomic mass is 10.1. The van der Waals surface area contributed by atoms with Crippen LogP contribution in [0.25, 0.3) is 15.9 Å². The topological polar surface area (TPSA) is 95.5 Å². The molecule has 0 N–H and O–H groups in total. The third-order valence-corrected chi connectivity index (χ3v) is 6.49. The zero-order chi connectivity index (χ0) is 20.0. The number of nitro groups is 1. The molecule has 0 saturated carbocycles. The summed E-state index contributed by atoms with van der Waals surface area (Å²) in [6.07, 6.45) is 6.93. The van der Waals surface area contributed by atoms with Crippen molar-refractivity contribution in [3.05, 3.63) is 57.0 Å². The second-order valence-corrected chi connectivity index (χ2v) is 8.30. The van der Waals surface area contributed by atoms with Gasteiger partial charge < -0.3 is 4.74 Å². The van der Waals surface area contributed by atoms with E-state index >= 15 is 0 Å². The summed E-state index contributed by atoms with van der Waals surface area (Å²) >= 11 is 1.75. The maximum absolute atomic E-state index is 11.2. The molecule has 0 fully saturated rings. The Bertz CT molecular complexity index is 1230. The van der Waals surface area contributed by atoms with Gasteiger partial charge in [-0.25, -0.2) is 14.5 Å². The highest BCUT2D eigenvalue weighted by molar-refractivity contribution is 7.19. The predicted molar refractivity (Wildman–Crippen MR) is 110 cm³/mol. The van der Waals surface area contributed by atoms with Crippen molar-refractivity contribution in [3.8, 4) is 5.75 Å². The molecule has 8 nitrogen and oxygen atoms in total. The minimum atomic E-state index is -0.539. The highest BCUT2D eigenvalue weighted by atomic mass is 32.1. The summed E-state index contributed by atoms with van der Waals surface area (Å²) in [4.78, 5) is 22.5. The van der Waals surface area contributed by atoms with Crippen LogP contribution in [-0.4, -0.2) is 24.5 Å². The van der Waals surface area contributed by atoms with Gasteiger partial charge in [0.15, 0.2) is 23.3 Å². The van der Waals surface area contributed by atoms with Crippen molar-refractivity contribution < 1.29 is 9.66 Å². The summed E-state index contributed by atoms with van der Waals surface area (Å²) in [6.45, 7) is 1.80. The Kier molecular flexibility index (Phi) is 4.39. The number of aromatic nitrogens is 4. The Labute approximate surface area is 170 Å². The summed E-state index contributed by atoms with van der Waals surface area (Å²) in [7, 11) is 0. The number of ether oxygens (including phenoxy) is 1. The van der Waals surface area contributed by atoms with E-state index in [2.05, 4.69) is 10.1 Å². The van der Waals surface area contributed by atoms with Gasteiger partial charge in [0.1, 0.15) is 11.2 Å². The van der Waals surface area contributed by atoms with E-state index < -0.39 is 11.0 Å². The molecule has 0 radical (unpaired) electrons. The first-order valence-electron chi connectivity index (χ1n) is 9.67. The maximum Gasteiger partial charge on any atom is 0.310 e. The van der Waals surface area contributed by atoms with Crippen molar-refractivity contribution in [2.45, 2.75) is 45.1 Å².